The van der Waals surface area contributed by atoms with E-state index in [9.17, 15) is 0 Å². The predicted octanol–water partition coefficient (Wildman–Crippen LogP) is 5.92. The molecule has 4 nitrogen and oxygen atoms in total. The van der Waals surface area contributed by atoms with E-state index in [0.717, 1.165) is 38.0 Å². The van der Waals surface area contributed by atoms with Crippen LogP contribution in [0.1, 0.15) is 44.0 Å². The number of nitrogens with zero attached hydrogens (tertiary/aromatic N) is 4. The van der Waals surface area contributed by atoms with Gasteiger partial charge in [0.05, 0.1) is 5.69 Å². The molecule has 0 spiro atoms. The summed E-state index contributed by atoms with van der Waals surface area (Å²) in [5.41, 5.74) is 5.32. The number of aromatic nitrogens is 3. The van der Waals surface area contributed by atoms with Crippen LogP contribution in [0.25, 0.3) is 16.9 Å². The summed E-state index contributed by atoms with van der Waals surface area (Å²) in [4.78, 5) is 12.6. The number of aryl methyl sites for hydroxylation is 2. The van der Waals surface area contributed by atoms with E-state index >= 15 is 0 Å². The first kappa shape index (κ1) is 17.7. The van der Waals surface area contributed by atoms with Gasteiger partial charge in [-0.05, 0) is 51.2 Å². The molecule has 0 bridgehead atoms. The second kappa shape index (κ2) is 6.59. The van der Waals surface area contributed by atoms with E-state index in [4.69, 9.17) is 9.97 Å². The van der Waals surface area contributed by atoms with Gasteiger partial charge >= 0.3 is 0 Å². The lowest BCUT2D eigenvalue weighted by Crippen LogP contribution is -2.30. The Bertz CT molecular complexity index is 1020. The first-order chi connectivity index (χ1) is 13.1. The highest BCUT2D eigenvalue weighted by Gasteiger charge is 2.42. The monoisotopic (exact) mass is 488 g/mol. The average molecular weight is 490 g/mol. The maximum absolute atomic E-state index is 5.10. The number of hydrogen-bond acceptors (Lipinski definition) is 3. The van der Waals surface area contributed by atoms with Crippen molar-refractivity contribution in [3.05, 3.63) is 44.7 Å². The summed E-state index contributed by atoms with van der Waals surface area (Å²) in [6.45, 7) is 4.35. The Kier molecular flexibility index (Phi) is 4.32. The standard InChI is InChI=1S/C21H22Br2N4/c1-3-18-21(27(14-5-6-14)15-7-8-15)26-12(2)11-24-19(20(26)25-18)16-9-4-13(22)10-17(16)23/h4,9-11,14-15H,3,5-8H2,1-2H3. The van der Waals surface area contributed by atoms with E-state index in [0.29, 0.717) is 12.1 Å². The molecule has 2 aliphatic rings. The molecule has 140 valence electrons. The first-order valence-electron chi connectivity index (χ1n) is 9.69. The van der Waals surface area contributed by atoms with Gasteiger partial charge in [-0.25, -0.2) is 4.98 Å². The maximum Gasteiger partial charge on any atom is 0.165 e. The van der Waals surface area contributed by atoms with Crippen LogP contribution < -0.4 is 4.90 Å². The lowest BCUT2D eigenvalue weighted by molar-refractivity contribution is 0.756. The van der Waals surface area contributed by atoms with Gasteiger partial charge in [-0.15, -0.1) is 0 Å². The summed E-state index contributed by atoms with van der Waals surface area (Å²) in [6, 6.07) is 7.62. The van der Waals surface area contributed by atoms with Crippen molar-refractivity contribution in [3.8, 4) is 11.3 Å². The molecule has 3 aromatic rings. The fourth-order valence-corrected chi connectivity index (χ4v) is 5.18. The van der Waals surface area contributed by atoms with Gasteiger partial charge in [0.2, 0.25) is 0 Å². The van der Waals surface area contributed by atoms with Gasteiger partial charge < -0.3 is 4.90 Å². The molecule has 2 saturated carbocycles. The quantitative estimate of drug-likeness (QED) is 0.445. The van der Waals surface area contributed by atoms with Crippen molar-refractivity contribution in [2.24, 2.45) is 0 Å². The van der Waals surface area contributed by atoms with Crippen LogP contribution in [0.4, 0.5) is 5.82 Å². The fourth-order valence-electron chi connectivity index (χ4n) is 3.95. The summed E-state index contributed by atoms with van der Waals surface area (Å²) in [6.07, 6.45) is 8.15. The van der Waals surface area contributed by atoms with Gasteiger partial charge in [0.1, 0.15) is 11.5 Å². The first-order valence-corrected chi connectivity index (χ1v) is 11.3. The Balaban J connectivity index is 1.77. The molecule has 0 atom stereocenters. The molecular weight excluding hydrogens is 468 g/mol. The van der Waals surface area contributed by atoms with Crippen molar-refractivity contribution in [2.75, 3.05) is 4.90 Å². The number of imidazole rings is 1. The van der Waals surface area contributed by atoms with Gasteiger partial charge in [-0.2, -0.15) is 0 Å². The predicted molar refractivity (Wildman–Crippen MR) is 116 cm³/mol. The number of hydrogen-bond donors (Lipinski definition) is 0. The molecule has 2 fully saturated rings. The van der Waals surface area contributed by atoms with Crippen molar-refractivity contribution in [1.29, 1.82) is 0 Å². The van der Waals surface area contributed by atoms with Crippen LogP contribution in [0, 0.1) is 6.92 Å². The van der Waals surface area contributed by atoms with Crippen molar-refractivity contribution >= 4 is 43.3 Å². The molecule has 0 amide bonds. The Morgan fingerprint density at radius 1 is 1.15 bits per heavy atom. The molecule has 27 heavy (non-hydrogen) atoms. The third-order valence-corrected chi connectivity index (χ3v) is 6.66. The van der Waals surface area contributed by atoms with E-state index in [1.165, 1.54) is 37.2 Å². The minimum atomic E-state index is 0.693. The average Bonchev–Trinajstić information content (AvgIpc) is 3.55. The summed E-state index contributed by atoms with van der Waals surface area (Å²) in [5, 5.41) is 0. The van der Waals surface area contributed by atoms with Crippen molar-refractivity contribution < 1.29 is 0 Å². The number of halogens is 2. The topological polar surface area (TPSA) is 33.4 Å². The molecule has 0 saturated heterocycles. The minimum absolute atomic E-state index is 0.693. The highest BCUT2D eigenvalue weighted by Crippen LogP contribution is 2.44. The molecule has 6 heteroatoms. The molecule has 2 aliphatic carbocycles. The minimum Gasteiger partial charge on any atom is -0.350 e. The Labute approximate surface area is 176 Å². The third-order valence-electron chi connectivity index (χ3n) is 5.51. The van der Waals surface area contributed by atoms with E-state index in [1.807, 2.05) is 6.20 Å². The Morgan fingerprint density at radius 3 is 2.44 bits per heavy atom. The zero-order valence-electron chi connectivity index (χ0n) is 15.5. The SMILES string of the molecule is CCc1nc2c(-c3ccc(Br)cc3Br)ncc(C)n2c1N(C1CC1)C1CC1. The van der Waals surface area contributed by atoms with Crippen LogP contribution in [0.15, 0.2) is 33.3 Å². The molecule has 0 unspecified atom stereocenters. The molecule has 1 aromatic carbocycles. The molecular formula is C21H22Br2N4. The number of anilines is 1. The zero-order chi connectivity index (χ0) is 18.7. The highest BCUT2D eigenvalue weighted by molar-refractivity contribution is 9.11. The van der Waals surface area contributed by atoms with E-state index in [2.05, 4.69) is 73.2 Å². The lowest BCUT2D eigenvalue weighted by Gasteiger charge is -2.25. The summed E-state index contributed by atoms with van der Waals surface area (Å²) >= 11 is 7.25. The zero-order valence-corrected chi connectivity index (χ0v) is 18.7. The number of rotatable bonds is 5. The summed E-state index contributed by atoms with van der Waals surface area (Å²) in [7, 11) is 0. The van der Waals surface area contributed by atoms with Gasteiger partial charge in [0.25, 0.3) is 0 Å². The van der Waals surface area contributed by atoms with Crippen molar-refractivity contribution in [3.63, 3.8) is 0 Å². The van der Waals surface area contributed by atoms with E-state index in [1.54, 1.807) is 0 Å². The van der Waals surface area contributed by atoms with Crippen LogP contribution in [0.3, 0.4) is 0 Å². The second-order valence-corrected chi connectivity index (χ2v) is 9.41. The van der Waals surface area contributed by atoms with Gasteiger partial charge in [-0.3, -0.25) is 9.38 Å². The third kappa shape index (κ3) is 3.01. The van der Waals surface area contributed by atoms with Crippen LogP contribution >= 0.6 is 31.9 Å². The smallest absolute Gasteiger partial charge is 0.165 e. The van der Waals surface area contributed by atoms with Crippen molar-refractivity contribution in [1.82, 2.24) is 14.4 Å². The number of fused-ring (bicyclic) bond motifs is 1. The van der Waals surface area contributed by atoms with Crippen LogP contribution in [-0.2, 0) is 6.42 Å². The van der Waals surface area contributed by atoms with Crippen LogP contribution in [-0.4, -0.2) is 26.5 Å². The highest BCUT2D eigenvalue weighted by atomic mass is 79.9. The largest absolute Gasteiger partial charge is 0.350 e. The van der Waals surface area contributed by atoms with Gasteiger partial charge in [0.15, 0.2) is 5.65 Å². The van der Waals surface area contributed by atoms with E-state index in [-0.39, 0.29) is 0 Å². The Morgan fingerprint density at radius 2 is 1.85 bits per heavy atom. The number of benzene rings is 1. The van der Waals surface area contributed by atoms with Crippen LogP contribution in [0.5, 0.6) is 0 Å². The second-order valence-electron chi connectivity index (χ2n) is 7.64. The van der Waals surface area contributed by atoms with E-state index < -0.39 is 0 Å². The molecule has 2 heterocycles. The maximum atomic E-state index is 5.10. The lowest BCUT2D eigenvalue weighted by atomic mass is 10.1. The summed E-state index contributed by atoms with van der Waals surface area (Å²) < 4.78 is 4.43. The molecule has 5 rings (SSSR count). The molecule has 0 N–H and O–H groups in total. The Hall–Kier alpha value is -1.40. The fraction of sp³-hybridized carbons (Fsp3) is 0.429. The van der Waals surface area contributed by atoms with Crippen LogP contribution in [0.2, 0.25) is 0 Å². The summed E-state index contributed by atoms with van der Waals surface area (Å²) in [5.74, 6) is 1.31. The molecule has 0 radical (unpaired) electrons. The molecule has 2 aromatic heterocycles. The van der Waals surface area contributed by atoms with Crippen molar-refractivity contribution in [2.45, 2.75) is 58.0 Å². The normalized spacial score (nSPS) is 16.9. The van der Waals surface area contributed by atoms with Gasteiger partial charge in [0, 0.05) is 38.5 Å². The molecule has 0 aliphatic heterocycles. The van der Waals surface area contributed by atoms with Gasteiger partial charge in [-0.1, -0.05) is 44.8 Å².